The Labute approximate surface area is 155 Å². The van der Waals surface area contributed by atoms with Crippen LogP contribution in [0.5, 0.6) is 0 Å². The van der Waals surface area contributed by atoms with Crippen molar-refractivity contribution in [3.8, 4) is 6.07 Å². The number of likely N-dealkylation sites (tertiary alicyclic amines) is 1. The second-order valence-corrected chi connectivity index (χ2v) is 6.73. The van der Waals surface area contributed by atoms with Crippen molar-refractivity contribution in [3.05, 3.63) is 28.6 Å². The van der Waals surface area contributed by atoms with Gasteiger partial charge >= 0.3 is 5.97 Å². The quantitative estimate of drug-likeness (QED) is 0.446. The van der Waals surface area contributed by atoms with Crippen LogP contribution in [0, 0.1) is 25.2 Å². The Bertz CT molecular complexity index is 749. The number of nitrogens with zero attached hydrogens (tertiary/aromatic N) is 3. The molecule has 1 saturated heterocycles. The molecule has 0 saturated carbocycles. The van der Waals surface area contributed by atoms with E-state index in [-0.39, 0.29) is 11.5 Å². The van der Waals surface area contributed by atoms with Crippen molar-refractivity contribution in [1.29, 1.82) is 5.26 Å². The number of carbonyl (C=O) groups excluding carboxylic acids is 2. The Morgan fingerprint density at radius 1 is 1.35 bits per heavy atom. The number of carbonyl (C=O) groups is 2. The summed E-state index contributed by atoms with van der Waals surface area (Å²) in [5.41, 5.74) is 2.82. The van der Waals surface area contributed by atoms with Gasteiger partial charge in [0.25, 0.3) is 5.91 Å². The Morgan fingerprint density at radius 3 is 2.58 bits per heavy atom. The van der Waals surface area contributed by atoms with Gasteiger partial charge in [-0.05, 0) is 57.7 Å². The lowest BCUT2D eigenvalue weighted by Gasteiger charge is -2.20. The van der Waals surface area contributed by atoms with E-state index in [2.05, 4.69) is 11.5 Å². The highest BCUT2D eigenvalue weighted by Crippen LogP contribution is 2.19. The topological polar surface area (TPSA) is 75.3 Å². The summed E-state index contributed by atoms with van der Waals surface area (Å²) in [6.45, 7) is 9.91. The summed E-state index contributed by atoms with van der Waals surface area (Å²) in [7, 11) is 0. The maximum Gasteiger partial charge on any atom is 0.349 e. The first-order valence-corrected chi connectivity index (χ1v) is 9.17. The van der Waals surface area contributed by atoms with Crippen LogP contribution in [0.1, 0.15) is 50.1 Å². The van der Waals surface area contributed by atoms with Crippen molar-refractivity contribution in [2.24, 2.45) is 0 Å². The van der Waals surface area contributed by atoms with E-state index < -0.39 is 12.1 Å². The zero-order chi connectivity index (χ0) is 19.3. The number of aromatic nitrogens is 1. The fourth-order valence-electron chi connectivity index (χ4n) is 3.30. The average molecular weight is 357 g/mol. The normalized spacial score (nSPS) is 15.7. The SMILES string of the molecule is CCCn1c(C)cc(/C=C(\C#N)C(=O)O[C@@H](C)C(=O)N2CCCC2)c1C. The van der Waals surface area contributed by atoms with E-state index in [4.69, 9.17) is 4.74 Å². The largest absolute Gasteiger partial charge is 0.448 e. The lowest BCUT2D eigenvalue weighted by molar-refractivity contribution is -0.155. The number of amides is 1. The predicted molar refractivity (Wildman–Crippen MR) is 99.2 cm³/mol. The summed E-state index contributed by atoms with van der Waals surface area (Å²) in [6, 6.07) is 3.86. The molecule has 0 bridgehead atoms. The van der Waals surface area contributed by atoms with Crippen LogP contribution in [0.4, 0.5) is 0 Å². The van der Waals surface area contributed by atoms with E-state index in [1.807, 2.05) is 26.0 Å². The summed E-state index contributed by atoms with van der Waals surface area (Å²) in [6.07, 6.45) is 3.61. The summed E-state index contributed by atoms with van der Waals surface area (Å²) < 4.78 is 7.40. The van der Waals surface area contributed by atoms with E-state index in [0.717, 1.165) is 42.8 Å². The van der Waals surface area contributed by atoms with Crippen LogP contribution in [-0.4, -0.2) is 40.5 Å². The van der Waals surface area contributed by atoms with Crippen LogP contribution in [-0.2, 0) is 20.9 Å². The molecule has 0 unspecified atom stereocenters. The number of aryl methyl sites for hydroxylation is 1. The van der Waals surface area contributed by atoms with Crippen LogP contribution in [0.25, 0.3) is 6.08 Å². The van der Waals surface area contributed by atoms with Gasteiger partial charge in [-0.1, -0.05) is 6.92 Å². The van der Waals surface area contributed by atoms with Crippen molar-refractivity contribution in [2.45, 2.75) is 59.6 Å². The number of hydrogen-bond donors (Lipinski definition) is 0. The highest BCUT2D eigenvalue weighted by molar-refractivity contribution is 5.99. The molecule has 0 N–H and O–H groups in total. The molecule has 6 heteroatoms. The molecule has 26 heavy (non-hydrogen) atoms. The number of hydrogen-bond acceptors (Lipinski definition) is 4. The Balaban J connectivity index is 2.13. The van der Waals surface area contributed by atoms with Crippen molar-refractivity contribution < 1.29 is 14.3 Å². The molecule has 2 rings (SSSR count). The third-order valence-electron chi connectivity index (χ3n) is 4.75. The lowest BCUT2D eigenvalue weighted by atomic mass is 10.1. The zero-order valence-electron chi connectivity index (χ0n) is 16.0. The summed E-state index contributed by atoms with van der Waals surface area (Å²) >= 11 is 0. The van der Waals surface area contributed by atoms with Crippen LogP contribution >= 0.6 is 0 Å². The molecule has 0 spiro atoms. The van der Waals surface area contributed by atoms with Crippen molar-refractivity contribution in [1.82, 2.24) is 9.47 Å². The molecule has 6 nitrogen and oxygen atoms in total. The smallest absolute Gasteiger partial charge is 0.349 e. The first-order valence-electron chi connectivity index (χ1n) is 9.17. The minimum atomic E-state index is -0.884. The highest BCUT2D eigenvalue weighted by Gasteiger charge is 2.27. The highest BCUT2D eigenvalue weighted by atomic mass is 16.5. The molecule has 0 aliphatic carbocycles. The molecule has 1 atom stereocenters. The van der Waals surface area contributed by atoms with E-state index >= 15 is 0 Å². The molecule has 1 aliphatic rings. The number of nitriles is 1. The van der Waals surface area contributed by atoms with Crippen LogP contribution < -0.4 is 0 Å². The predicted octanol–water partition coefficient (Wildman–Crippen LogP) is 2.98. The third-order valence-corrected chi connectivity index (χ3v) is 4.75. The van der Waals surface area contributed by atoms with Gasteiger partial charge in [0, 0.05) is 31.0 Å². The van der Waals surface area contributed by atoms with E-state index in [9.17, 15) is 14.9 Å². The minimum absolute atomic E-state index is 0.0946. The fourth-order valence-corrected chi connectivity index (χ4v) is 3.30. The standard InChI is InChI=1S/C20H27N3O3/c1-5-8-23-14(2)11-17(15(23)3)12-18(13-21)20(25)26-16(4)19(24)22-9-6-7-10-22/h11-12,16H,5-10H2,1-4H3/b18-12+/t16-/m0/s1. The minimum Gasteiger partial charge on any atom is -0.448 e. The lowest BCUT2D eigenvalue weighted by Crippen LogP contribution is -2.38. The maximum atomic E-state index is 12.3. The molecule has 1 fully saturated rings. The van der Waals surface area contributed by atoms with Gasteiger partial charge in [-0.2, -0.15) is 5.26 Å². The van der Waals surface area contributed by atoms with E-state index in [1.54, 1.807) is 17.9 Å². The van der Waals surface area contributed by atoms with Gasteiger partial charge in [0.15, 0.2) is 6.10 Å². The molecule has 0 radical (unpaired) electrons. The Kier molecular flexibility index (Phi) is 6.62. The zero-order valence-corrected chi connectivity index (χ0v) is 16.0. The summed E-state index contributed by atoms with van der Waals surface area (Å²) in [4.78, 5) is 26.3. The van der Waals surface area contributed by atoms with Gasteiger partial charge in [0.2, 0.25) is 0 Å². The van der Waals surface area contributed by atoms with Gasteiger partial charge in [-0.3, -0.25) is 4.79 Å². The van der Waals surface area contributed by atoms with Crippen LogP contribution in [0.2, 0.25) is 0 Å². The van der Waals surface area contributed by atoms with E-state index in [1.165, 1.54) is 0 Å². The first kappa shape index (κ1) is 19.8. The summed E-state index contributed by atoms with van der Waals surface area (Å²) in [5, 5.41) is 9.37. The summed E-state index contributed by atoms with van der Waals surface area (Å²) in [5.74, 6) is -0.956. The second kappa shape index (κ2) is 8.70. The number of ether oxygens (including phenoxy) is 1. The molecule has 1 aromatic heterocycles. The molecular formula is C20H27N3O3. The van der Waals surface area contributed by atoms with E-state index in [0.29, 0.717) is 13.1 Å². The van der Waals surface area contributed by atoms with Gasteiger partial charge in [-0.15, -0.1) is 0 Å². The fraction of sp³-hybridized carbons (Fsp3) is 0.550. The molecule has 1 aliphatic heterocycles. The van der Waals surface area contributed by atoms with Gasteiger partial charge < -0.3 is 14.2 Å². The number of rotatable bonds is 6. The molecular weight excluding hydrogens is 330 g/mol. The Hall–Kier alpha value is -2.55. The Morgan fingerprint density at radius 2 is 2.00 bits per heavy atom. The molecule has 0 aromatic carbocycles. The first-order chi connectivity index (χ1) is 12.4. The van der Waals surface area contributed by atoms with Gasteiger partial charge in [0.05, 0.1) is 0 Å². The van der Waals surface area contributed by atoms with Crippen molar-refractivity contribution in [2.75, 3.05) is 13.1 Å². The molecule has 2 heterocycles. The molecule has 1 amide bonds. The van der Waals surface area contributed by atoms with Crippen molar-refractivity contribution >= 4 is 18.0 Å². The monoisotopic (exact) mass is 357 g/mol. The van der Waals surface area contributed by atoms with Gasteiger partial charge in [-0.25, -0.2) is 4.79 Å². The average Bonchev–Trinajstić information content (AvgIpc) is 3.23. The number of esters is 1. The molecule has 140 valence electrons. The van der Waals surface area contributed by atoms with Gasteiger partial charge in [0.1, 0.15) is 11.6 Å². The maximum absolute atomic E-state index is 12.3. The second-order valence-electron chi connectivity index (χ2n) is 6.73. The molecule has 1 aromatic rings. The van der Waals surface area contributed by atoms with Crippen molar-refractivity contribution in [3.63, 3.8) is 0 Å². The van der Waals surface area contributed by atoms with Crippen LogP contribution in [0.3, 0.4) is 0 Å². The third kappa shape index (κ3) is 4.34. The van der Waals surface area contributed by atoms with Crippen LogP contribution in [0.15, 0.2) is 11.6 Å².